The molecule has 0 bridgehead atoms. The number of hydrogen-bond donors (Lipinski definition) is 1. The van der Waals surface area contributed by atoms with Crippen LogP contribution in [0.4, 0.5) is 0 Å². The van der Waals surface area contributed by atoms with E-state index in [0.717, 1.165) is 44.9 Å². The molecule has 0 aromatic rings. The molecule has 0 saturated carbocycles. The Morgan fingerprint density at radius 2 is 1.43 bits per heavy atom. The molecular weight excluding hydrogens is 356 g/mol. The Bertz CT molecular complexity index is 468. The molecule has 0 unspecified atom stereocenters. The summed E-state index contributed by atoms with van der Waals surface area (Å²) in [6, 6.07) is 0. The molecular formula is C23H40O5. The SMILES string of the molecule is CCCCCCCCCC[C@H](O)[C@@H]1CC[C@@H]([C@H]2CC[C@H]([C@@H]3CCC(=O)O3)O2)O1. The monoisotopic (exact) mass is 396 g/mol. The van der Waals surface area contributed by atoms with E-state index in [1.807, 2.05) is 0 Å². The van der Waals surface area contributed by atoms with Crippen LogP contribution in [-0.4, -0.2) is 47.7 Å². The van der Waals surface area contributed by atoms with Crippen LogP contribution in [0.5, 0.6) is 0 Å². The van der Waals surface area contributed by atoms with Crippen molar-refractivity contribution >= 4 is 5.97 Å². The number of carbonyl (C=O) groups is 1. The second-order valence-corrected chi connectivity index (χ2v) is 8.98. The largest absolute Gasteiger partial charge is 0.460 e. The first-order valence-corrected chi connectivity index (χ1v) is 11.9. The Labute approximate surface area is 170 Å². The van der Waals surface area contributed by atoms with Gasteiger partial charge in [-0.3, -0.25) is 4.79 Å². The van der Waals surface area contributed by atoms with Crippen molar-refractivity contribution in [3.63, 3.8) is 0 Å². The van der Waals surface area contributed by atoms with Gasteiger partial charge in [0.1, 0.15) is 6.10 Å². The molecule has 0 amide bonds. The van der Waals surface area contributed by atoms with Gasteiger partial charge in [0.2, 0.25) is 0 Å². The van der Waals surface area contributed by atoms with Crippen molar-refractivity contribution in [1.29, 1.82) is 0 Å². The predicted octanol–water partition coefficient (Wildman–Crippen LogP) is 4.68. The van der Waals surface area contributed by atoms with Crippen molar-refractivity contribution in [2.45, 2.75) is 140 Å². The third kappa shape index (κ3) is 6.43. The molecule has 3 saturated heterocycles. The standard InChI is InChI=1S/C23H40O5/c1-2-3-4-5-6-7-8-9-10-17(24)18-11-12-19(26-18)20-13-14-21(27-20)22-15-16-23(25)28-22/h17-22,24H,2-16H2,1H3/t17-,18-,19-,20+,21+,22-/m0/s1. The maximum atomic E-state index is 11.3. The molecule has 0 spiro atoms. The van der Waals surface area contributed by atoms with E-state index in [9.17, 15) is 9.90 Å². The molecule has 3 aliphatic heterocycles. The molecule has 5 nitrogen and oxygen atoms in total. The lowest BCUT2D eigenvalue weighted by molar-refractivity contribution is -0.149. The van der Waals surface area contributed by atoms with Gasteiger partial charge in [-0.1, -0.05) is 58.3 Å². The lowest BCUT2D eigenvalue weighted by atomic mass is 10.0. The Morgan fingerprint density at radius 3 is 2.11 bits per heavy atom. The summed E-state index contributed by atoms with van der Waals surface area (Å²) in [5, 5.41) is 10.5. The molecule has 0 aliphatic carbocycles. The minimum absolute atomic E-state index is 0.0290. The van der Waals surface area contributed by atoms with Crippen molar-refractivity contribution in [1.82, 2.24) is 0 Å². The zero-order chi connectivity index (χ0) is 19.8. The molecule has 0 radical (unpaired) electrons. The maximum Gasteiger partial charge on any atom is 0.306 e. The third-order valence-corrected chi connectivity index (χ3v) is 6.70. The van der Waals surface area contributed by atoms with E-state index in [0.29, 0.717) is 6.42 Å². The highest BCUT2D eigenvalue weighted by Crippen LogP contribution is 2.36. The summed E-state index contributed by atoms with van der Waals surface area (Å²) in [5.41, 5.74) is 0. The predicted molar refractivity (Wildman–Crippen MR) is 108 cm³/mol. The normalized spacial score (nSPS) is 34.1. The number of cyclic esters (lactones) is 1. The van der Waals surface area contributed by atoms with Crippen molar-refractivity contribution in [2.24, 2.45) is 0 Å². The minimum Gasteiger partial charge on any atom is -0.460 e. The van der Waals surface area contributed by atoms with Crippen molar-refractivity contribution in [3.8, 4) is 0 Å². The van der Waals surface area contributed by atoms with Crippen LogP contribution >= 0.6 is 0 Å². The van der Waals surface area contributed by atoms with E-state index in [-0.39, 0.29) is 42.6 Å². The van der Waals surface area contributed by atoms with Gasteiger partial charge in [-0.25, -0.2) is 0 Å². The number of aliphatic hydroxyl groups excluding tert-OH is 1. The van der Waals surface area contributed by atoms with E-state index in [4.69, 9.17) is 14.2 Å². The highest BCUT2D eigenvalue weighted by atomic mass is 16.6. The van der Waals surface area contributed by atoms with Gasteiger partial charge in [0.05, 0.1) is 30.5 Å². The van der Waals surface area contributed by atoms with Gasteiger partial charge in [0.15, 0.2) is 0 Å². The second kappa shape index (κ2) is 11.5. The fourth-order valence-electron chi connectivity index (χ4n) is 4.96. The Kier molecular flexibility index (Phi) is 9.06. The maximum absolute atomic E-state index is 11.3. The van der Waals surface area contributed by atoms with E-state index in [1.165, 1.54) is 44.9 Å². The smallest absolute Gasteiger partial charge is 0.306 e. The fraction of sp³-hybridized carbons (Fsp3) is 0.957. The molecule has 162 valence electrons. The van der Waals surface area contributed by atoms with E-state index in [2.05, 4.69) is 6.92 Å². The van der Waals surface area contributed by atoms with Crippen LogP contribution < -0.4 is 0 Å². The molecule has 3 fully saturated rings. The summed E-state index contributed by atoms with van der Waals surface area (Å²) in [5.74, 6) is -0.0988. The number of unbranched alkanes of at least 4 members (excludes halogenated alkanes) is 7. The highest BCUT2D eigenvalue weighted by molar-refractivity contribution is 5.71. The molecule has 1 N–H and O–H groups in total. The molecule has 3 rings (SSSR count). The van der Waals surface area contributed by atoms with Gasteiger partial charge in [0.25, 0.3) is 0 Å². The summed E-state index contributed by atoms with van der Waals surface area (Å²) in [4.78, 5) is 11.3. The Balaban J connectivity index is 1.27. The lowest BCUT2D eigenvalue weighted by Crippen LogP contribution is -2.33. The van der Waals surface area contributed by atoms with Crippen molar-refractivity contribution in [3.05, 3.63) is 0 Å². The van der Waals surface area contributed by atoms with Crippen LogP contribution in [0.15, 0.2) is 0 Å². The Hall–Kier alpha value is -0.650. The zero-order valence-corrected chi connectivity index (χ0v) is 17.7. The second-order valence-electron chi connectivity index (χ2n) is 8.98. The fourth-order valence-corrected chi connectivity index (χ4v) is 4.96. The molecule has 3 aliphatic rings. The summed E-state index contributed by atoms with van der Waals surface area (Å²) in [6.07, 6.45) is 16.0. The Morgan fingerprint density at radius 1 is 0.821 bits per heavy atom. The number of carbonyl (C=O) groups excluding carboxylic acids is 1. The highest BCUT2D eigenvalue weighted by Gasteiger charge is 2.43. The van der Waals surface area contributed by atoms with Crippen molar-refractivity contribution in [2.75, 3.05) is 0 Å². The van der Waals surface area contributed by atoms with Gasteiger partial charge < -0.3 is 19.3 Å². The lowest BCUT2D eigenvalue weighted by Gasteiger charge is -2.24. The van der Waals surface area contributed by atoms with Gasteiger partial charge in [0, 0.05) is 6.42 Å². The number of esters is 1. The van der Waals surface area contributed by atoms with Crippen LogP contribution in [0.2, 0.25) is 0 Å². The first-order valence-electron chi connectivity index (χ1n) is 11.9. The number of aliphatic hydroxyl groups is 1. The average Bonchev–Trinajstić information content (AvgIpc) is 3.43. The summed E-state index contributed by atoms with van der Waals surface area (Å²) >= 11 is 0. The average molecular weight is 397 g/mol. The molecule has 28 heavy (non-hydrogen) atoms. The number of ether oxygens (including phenoxy) is 3. The van der Waals surface area contributed by atoms with Gasteiger partial charge in [-0.05, 0) is 38.5 Å². The molecule has 0 aromatic carbocycles. The van der Waals surface area contributed by atoms with Crippen LogP contribution in [0.1, 0.15) is 103 Å². The van der Waals surface area contributed by atoms with Crippen LogP contribution in [0.25, 0.3) is 0 Å². The van der Waals surface area contributed by atoms with Gasteiger partial charge in [-0.15, -0.1) is 0 Å². The summed E-state index contributed by atoms with van der Waals surface area (Å²) in [7, 11) is 0. The first kappa shape index (κ1) is 22.0. The molecule has 5 heteroatoms. The van der Waals surface area contributed by atoms with Crippen LogP contribution in [-0.2, 0) is 19.0 Å². The van der Waals surface area contributed by atoms with E-state index in [1.54, 1.807) is 0 Å². The molecule has 0 aromatic heterocycles. The zero-order valence-electron chi connectivity index (χ0n) is 17.7. The van der Waals surface area contributed by atoms with Gasteiger partial charge in [-0.2, -0.15) is 0 Å². The quantitative estimate of drug-likeness (QED) is 0.383. The third-order valence-electron chi connectivity index (χ3n) is 6.70. The first-order chi connectivity index (χ1) is 13.7. The number of rotatable bonds is 12. The van der Waals surface area contributed by atoms with Gasteiger partial charge >= 0.3 is 5.97 Å². The number of hydrogen-bond acceptors (Lipinski definition) is 5. The topological polar surface area (TPSA) is 65.0 Å². The van der Waals surface area contributed by atoms with Crippen LogP contribution in [0, 0.1) is 0 Å². The minimum atomic E-state index is -0.349. The summed E-state index contributed by atoms with van der Waals surface area (Å²) < 4.78 is 17.7. The molecule has 6 atom stereocenters. The summed E-state index contributed by atoms with van der Waals surface area (Å²) in [6.45, 7) is 2.25. The van der Waals surface area contributed by atoms with Crippen molar-refractivity contribution < 1.29 is 24.1 Å². The van der Waals surface area contributed by atoms with E-state index < -0.39 is 0 Å². The van der Waals surface area contributed by atoms with Crippen LogP contribution in [0.3, 0.4) is 0 Å². The molecule has 3 heterocycles. The van der Waals surface area contributed by atoms with E-state index >= 15 is 0 Å².